The summed E-state index contributed by atoms with van der Waals surface area (Å²) >= 11 is 6.14. The molecule has 30 heavy (non-hydrogen) atoms. The first-order valence-electron chi connectivity index (χ1n) is 11.2. The highest BCUT2D eigenvalue weighted by Gasteiger charge is 2.27. The Kier molecular flexibility index (Phi) is 7.08. The highest BCUT2D eigenvalue weighted by molar-refractivity contribution is 6.30. The molecule has 1 saturated carbocycles. The van der Waals surface area contributed by atoms with Crippen molar-refractivity contribution in [1.82, 2.24) is 16.0 Å². The number of carbonyl (C=O) groups excluding carboxylic acids is 1. The fraction of sp³-hybridized carbons (Fsp3) is 0.480. The van der Waals surface area contributed by atoms with Crippen molar-refractivity contribution in [2.24, 2.45) is 0 Å². The first kappa shape index (κ1) is 21.4. The molecule has 2 aliphatic rings. The Morgan fingerprint density at radius 2 is 1.80 bits per heavy atom. The van der Waals surface area contributed by atoms with Crippen molar-refractivity contribution in [2.45, 2.75) is 63.1 Å². The summed E-state index contributed by atoms with van der Waals surface area (Å²) in [5.41, 5.74) is 3.34. The van der Waals surface area contributed by atoms with Crippen molar-refractivity contribution in [2.75, 3.05) is 13.1 Å². The molecule has 2 aromatic carbocycles. The monoisotopic (exact) mass is 425 g/mol. The van der Waals surface area contributed by atoms with Gasteiger partial charge in [-0.1, -0.05) is 35.9 Å². The standard InChI is InChI=1S/C25H32ClN3O/c1-17(20-3-2-4-22(26)15-20)28-24-10-9-21(16-24)18-5-7-19(8-6-18)25(30)29-23-11-13-27-14-12-23/h2-8,15,17,21,23-24,27-28H,9-14,16H2,1H3,(H,29,30)/t17-,21-,24?/m0/s1. The van der Waals surface area contributed by atoms with E-state index in [9.17, 15) is 4.79 Å². The third-order valence-electron chi connectivity index (χ3n) is 6.59. The van der Waals surface area contributed by atoms with Gasteiger partial charge in [0.05, 0.1) is 0 Å². The number of amides is 1. The molecule has 5 heteroatoms. The molecule has 1 aliphatic heterocycles. The van der Waals surface area contributed by atoms with Crippen LogP contribution >= 0.6 is 11.6 Å². The fourth-order valence-corrected chi connectivity index (χ4v) is 5.00. The van der Waals surface area contributed by atoms with Gasteiger partial charge in [0, 0.05) is 28.7 Å². The second kappa shape index (κ2) is 9.95. The van der Waals surface area contributed by atoms with Crippen molar-refractivity contribution in [3.63, 3.8) is 0 Å². The summed E-state index contributed by atoms with van der Waals surface area (Å²) in [6, 6.07) is 17.4. The molecular formula is C25H32ClN3O. The summed E-state index contributed by atoms with van der Waals surface area (Å²) in [5.74, 6) is 0.602. The molecule has 0 spiro atoms. The van der Waals surface area contributed by atoms with E-state index in [-0.39, 0.29) is 11.9 Å². The molecule has 2 aromatic rings. The van der Waals surface area contributed by atoms with Crippen LogP contribution in [0.1, 0.15) is 72.5 Å². The lowest BCUT2D eigenvalue weighted by atomic mass is 9.96. The first-order chi connectivity index (χ1) is 14.6. The van der Waals surface area contributed by atoms with E-state index in [4.69, 9.17) is 11.6 Å². The average Bonchev–Trinajstić information content (AvgIpc) is 3.23. The van der Waals surface area contributed by atoms with E-state index in [1.807, 2.05) is 30.3 Å². The van der Waals surface area contributed by atoms with E-state index in [0.29, 0.717) is 18.0 Å². The predicted molar refractivity (Wildman–Crippen MR) is 123 cm³/mol. The van der Waals surface area contributed by atoms with Gasteiger partial charge in [0.15, 0.2) is 0 Å². The van der Waals surface area contributed by atoms with Crippen LogP contribution in [-0.2, 0) is 0 Å². The van der Waals surface area contributed by atoms with Crippen molar-refractivity contribution < 1.29 is 4.79 Å². The highest BCUT2D eigenvalue weighted by atomic mass is 35.5. The number of hydrogen-bond donors (Lipinski definition) is 3. The number of piperidine rings is 1. The van der Waals surface area contributed by atoms with Crippen LogP contribution in [0, 0.1) is 0 Å². The molecule has 0 radical (unpaired) electrons. The predicted octanol–water partition coefficient (Wildman–Crippen LogP) is 4.81. The molecule has 3 N–H and O–H groups in total. The van der Waals surface area contributed by atoms with Gasteiger partial charge in [0.1, 0.15) is 0 Å². The van der Waals surface area contributed by atoms with E-state index >= 15 is 0 Å². The summed E-state index contributed by atoms with van der Waals surface area (Å²) in [6.07, 6.45) is 5.50. The maximum absolute atomic E-state index is 12.5. The van der Waals surface area contributed by atoms with Gasteiger partial charge >= 0.3 is 0 Å². The molecule has 1 aliphatic carbocycles. The van der Waals surface area contributed by atoms with E-state index in [1.54, 1.807) is 0 Å². The van der Waals surface area contributed by atoms with Gasteiger partial charge in [-0.25, -0.2) is 0 Å². The topological polar surface area (TPSA) is 53.2 Å². The molecule has 0 bridgehead atoms. The van der Waals surface area contributed by atoms with Crippen molar-refractivity contribution >= 4 is 17.5 Å². The first-order valence-corrected chi connectivity index (χ1v) is 11.6. The van der Waals surface area contributed by atoms with Crippen LogP contribution in [0.4, 0.5) is 0 Å². The van der Waals surface area contributed by atoms with Crippen LogP contribution in [0.25, 0.3) is 0 Å². The summed E-state index contributed by atoms with van der Waals surface area (Å²) < 4.78 is 0. The normalized spacial score (nSPS) is 23.3. The third-order valence-corrected chi connectivity index (χ3v) is 6.82. The van der Waals surface area contributed by atoms with Crippen LogP contribution in [0.15, 0.2) is 48.5 Å². The number of carbonyl (C=O) groups is 1. The van der Waals surface area contributed by atoms with Crippen molar-refractivity contribution in [1.29, 1.82) is 0 Å². The second-order valence-electron chi connectivity index (χ2n) is 8.77. The largest absolute Gasteiger partial charge is 0.349 e. The van der Waals surface area contributed by atoms with Crippen LogP contribution < -0.4 is 16.0 Å². The van der Waals surface area contributed by atoms with E-state index in [2.05, 4.69) is 41.1 Å². The molecule has 4 rings (SSSR count). The molecule has 1 heterocycles. The summed E-state index contributed by atoms with van der Waals surface area (Å²) in [6.45, 7) is 4.17. The van der Waals surface area contributed by atoms with E-state index < -0.39 is 0 Å². The van der Waals surface area contributed by atoms with Gasteiger partial charge in [0.2, 0.25) is 0 Å². The van der Waals surface area contributed by atoms with Crippen molar-refractivity contribution in [3.05, 3.63) is 70.2 Å². The average molecular weight is 426 g/mol. The molecule has 1 amide bonds. The SMILES string of the molecule is C[C@H](NC1CC[C@H](c2ccc(C(=O)NC3CCNCC3)cc2)C1)c1cccc(Cl)c1. The minimum absolute atomic E-state index is 0.0507. The van der Waals surface area contributed by atoms with Gasteiger partial charge in [0.25, 0.3) is 5.91 Å². The Balaban J connectivity index is 1.30. The maximum atomic E-state index is 12.5. The molecule has 2 fully saturated rings. The van der Waals surface area contributed by atoms with Gasteiger partial charge in [-0.2, -0.15) is 0 Å². The zero-order valence-electron chi connectivity index (χ0n) is 17.7. The lowest BCUT2D eigenvalue weighted by molar-refractivity contribution is 0.0929. The Labute approximate surface area is 184 Å². The molecule has 160 valence electrons. The van der Waals surface area contributed by atoms with E-state index in [0.717, 1.165) is 42.9 Å². The third kappa shape index (κ3) is 5.42. The molecule has 1 saturated heterocycles. The van der Waals surface area contributed by atoms with E-state index in [1.165, 1.54) is 24.0 Å². The zero-order chi connectivity index (χ0) is 20.9. The Hall–Kier alpha value is -1.88. The summed E-state index contributed by atoms with van der Waals surface area (Å²) in [5, 5.41) is 11.1. The molecule has 3 atom stereocenters. The smallest absolute Gasteiger partial charge is 0.251 e. The molecular weight excluding hydrogens is 394 g/mol. The van der Waals surface area contributed by atoms with Gasteiger partial charge in [-0.15, -0.1) is 0 Å². The van der Waals surface area contributed by atoms with Crippen LogP contribution in [0.3, 0.4) is 0 Å². The quantitative estimate of drug-likeness (QED) is 0.622. The lowest BCUT2D eigenvalue weighted by Gasteiger charge is -2.23. The number of halogens is 1. The minimum atomic E-state index is 0.0507. The fourth-order valence-electron chi connectivity index (χ4n) is 4.80. The minimum Gasteiger partial charge on any atom is -0.349 e. The summed E-state index contributed by atoms with van der Waals surface area (Å²) in [7, 11) is 0. The maximum Gasteiger partial charge on any atom is 0.251 e. The molecule has 4 nitrogen and oxygen atoms in total. The summed E-state index contributed by atoms with van der Waals surface area (Å²) in [4.78, 5) is 12.5. The van der Waals surface area contributed by atoms with Crippen molar-refractivity contribution in [3.8, 4) is 0 Å². The van der Waals surface area contributed by atoms with Crippen LogP contribution in [0.5, 0.6) is 0 Å². The van der Waals surface area contributed by atoms with Gasteiger partial charge < -0.3 is 16.0 Å². The number of hydrogen-bond acceptors (Lipinski definition) is 3. The zero-order valence-corrected chi connectivity index (χ0v) is 18.4. The van der Waals surface area contributed by atoms with Gasteiger partial charge in [-0.05, 0) is 93.4 Å². The van der Waals surface area contributed by atoms with Gasteiger partial charge in [-0.3, -0.25) is 4.79 Å². The second-order valence-corrected chi connectivity index (χ2v) is 9.21. The number of rotatable bonds is 6. The highest BCUT2D eigenvalue weighted by Crippen LogP contribution is 2.35. The number of benzene rings is 2. The number of nitrogens with one attached hydrogen (secondary N) is 3. The Morgan fingerprint density at radius 1 is 1.03 bits per heavy atom. The Morgan fingerprint density at radius 3 is 2.53 bits per heavy atom. The molecule has 1 unspecified atom stereocenters. The Bertz CT molecular complexity index is 848. The van der Waals surface area contributed by atoms with Crippen LogP contribution in [-0.4, -0.2) is 31.1 Å². The lowest BCUT2D eigenvalue weighted by Crippen LogP contribution is -2.42. The molecule has 0 aromatic heterocycles. The van der Waals surface area contributed by atoms with Crippen LogP contribution in [0.2, 0.25) is 5.02 Å².